The van der Waals surface area contributed by atoms with Crippen LogP contribution in [0, 0.1) is 23.2 Å². The van der Waals surface area contributed by atoms with Gasteiger partial charge in [0.1, 0.15) is 5.75 Å². The third-order valence-corrected chi connectivity index (χ3v) is 5.93. The molecule has 20 heavy (non-hydrogen) atoms. The first-order valence-electron chi connectivity index (χ1n) is 7.21. The summed E-state index contributed by atoms with van der Waals surface area (Å²) in [7, 11) is -3.61. The lowest BCUT2D eigenvalue weighted by molar-refractivity contribution is -0.139. The Morgan fingerprint density at radius 1 is 1.35 bits per heavy atom. The maximum Gasteiger partial charge on any atom is 0.321 e. The third-order valence-electron chi connectivity index (χ3n) is 3.85. The summed E-state index contributed by atoms with van der Waals surface area (Å²) in [6.45, 7) is 3.87. The number of nitrogens with zero attached hydrogens (tertiary/aromatic N) is 1. The number of hydrogen-bond acceptors (Lipinski definition) is 5. The molecule has 6 heteroatoms. The predicted molar refractivity (Wildman–Crippen MR) is 75.6 cm³/mol. The average Bonchev–Trinajstić information content (AvgIpc) is 2.38. The lowest BCUT2D eigenvalue weighted by Crippen LogP contribution is -2.38. The predicted octanol–water partition coefficient (Wildman–Crippen LogP) is 2.07. The topological polar surface area (TPSA) is 84.2 Å². The lowest BCUT2D eigenvalue weighted by atomic mass is 9.80. The van der Waals surface area contributed by atoms with Gasteiger partial charge in [0.25, 0.3) is 0 Å². The van der Waals surface area contributed by atoms with E-state index in [0.717, 1.165) is 19.3 Å². The van der Waals surface area contributed by atoms with Crippen molar-refractivity contribution >= 4 is 15.8 Å². The van der Waals surface area contributed by atoms with Gasteiger partial charge in [-0.1, -0.05) is 19.8 Å². The van der Waals surface area contributed by atoms with Crippen molar-refractivity contribution in [2.24, 2.45) is 11.8 Å². The number of sulfone groups is 1. The minimum Gasteiger partial charge on any atom is -0.465 e. The fourth-order valence-electron chi connectivity index (χ4n) is 2.90. The van der Waals surface area contributed by atoms with E-state index in [9.17, 15) is 13.2 Å². The molecular formula is C14H23NO4S. The molecule has 3 atom stereocenters. The van der Waals surface area contributed by atoms with E-state index >= 15 is 0 Å². The molecule has 1 aliphatic rings. The van der Waals surface area contributed by atoms with Crippen molar-refractivity contribution in [1.82, 2.24) is 0 Å². The fourth-order valence-corrected chi connectivity index (χ4v) is 4.79. The second kappa shape index (κ2) is 7.63. The van der Waals surface area contributed by atoms with Gasteiger partial charge in [-0.3, -0.25) is 4.79 Å². The van der Waals surface area contributed by atoms with E-state index in [1.54, 1.807) is 6.92 Å². The molecule has 0 aromatic carbocycles. The second-order valence-electron chi connectivity index (χ2n) is 5.35. The molecule has 0 aromatic rings. The van der Waals surface area contributed by atoms with Crippen LogP contribution in [0.15, 0.2) is 0 Å². The van der Waals surface area contributed by atoms with E-state index < -0.39 is 32.7 Å². The number of hydrogen-bond donors (Lipinski definition) is 0. The van der Waals surface area contributed by atoms with Gasteiger partial charge >= 0.3 is 5.97 Å². The Labute approximate surface area is 121 Å². The Balaban J connectivity index is 2.82. The number of carbonyl (C=O) groups is 1. The van der Waals surface area contributed by atoms with Crippen molar-refractivity contribution in [3.05, 3.63) is 0 Å². The molecular weight excluding hydrogens is 278 g/mol. The van der Waals surface area contributed by atoms with E-state index in [4.69, 9.17) is 10.00 Å². The van der Waals surface area contributed by atoms with Gasteiger partial charge in [-0.05, 0) is 32.1 Å². The number of carbonyl (C=O) groups excluding carboxylic acids is 1. The zero-order chi connectivity index (χ0) is 15.2. The molecule has 0 aromatic heterocycles. The fraction of sp³-hybridized carbons (Fsp3) is 0.857. The smallest absolute Gasteiger partial charge is 0.321 e. The molecule has 0 N–H and O–H groups in total. The minimum atomic E-state index is -3.61. The Morgan fingerprint density at radius 2 is 2.05 bits per heavy atom. The highest BCUT2D eigenvalue weighted by atomic mass is 32.2. The minimum absolute atomic E-state index is 0.166. The summed E-state index contributed by atoms with van der Waals surface area (Å²) in [4.78, 5) is 11.4. The monoisotopic (exact) mass is 301 g/mol. The van der Waals surface area contributed by atoms with E-state index in [0.29, 0.717) is 18.8 Å². The zero-order valence-corrected chi connectivity index (χ0v) is 13.0. The van der Waals surface area contributed by atoms with Crippen molar-refractivity contribution in [1.29, 1.82) is 5.26 Å². The van der Waals surface area contributed by atoms with Crippen molar-refractivity contribution in [3.8, 4) is 6.07 Å². The van der Waals surface area contributed by atoms with Crippen molar-refractivity contribution < 1.29 is 17.9 Å². The molecule has 0 radical (unpaired) electrons. The van der Waals surface area contributed by atoms with Crippen LogP contribution in [-0.4, -0.2) is 32.0 Å². The molecule has 1 saturated carbocycles. The van der Waals surface area contributed by atoms with Crippen molar-refractivity contribution in [2.45, 2.75) is 51.2 Å². The third kappa shape index (κ3) is 4.48. The van der Waals surface area contributed by atoms with E-state index in [-0.39, 0.29) is 6.61 Å². The SMILES string of the molecule is CCCC1CCC(C#N)C(S(=O)(=O)CC(=O)OCC)C1. The molecule has 1 aliphatic carbocycles. The summed E-state index contributed by atoms with van der Waals surface area (Å²) in [5.74, 6) is -1.49. The van der Waals surface area contributed by atoms with Crippen LogP contribution >= 0.6 is 0 Å². The van der Waals surface area contributed by atoms with Crippen LogP contribution in [-0.2, 0) is 19.4 Å². The molecule has 0 saturated heterocycles. The van der Waals surface area contributed by atoms with Gasteiger partial charge in [0, 0.05) is 0 Å². The molecule has 0 aliphatic heterocycles. The summed E-state index contributed by atoms with van der Waals surface area (Å²) in [6.07, 6.45) is 3.98. The lowest BCUT2D eigenvalue weighted by Gasteiger charge is -2.32. The highest BCUT2D eigenvalue weighted by Crippen LogP contribution is 2.35. The van der Waals surface area contributed by atoms with Crippen molar-refractivity contribution in [2.75, 3.05) is 12.4 Å². The van der Waals surface area contributed by atoms with Gasteiger partial charge < -0.3 is 4.74 Å². The first-order valence-corrected chi connectivity index (χ1v) is 8.92. The van der Waals surface area contributed by atoms with Crippen LogP contribution in [0.5, 0.6) is 0 Å². The summed E-state index contributed by atoms with van der Waals surface area (Å²) in [6, 6.07) is 2.10. The summed E-state index contributed by atoms with van der Waals surface area (Å²) < 4.78 is 29.4. The van der Waals surface area contributed by atoms with Crippen LogP contribution in [0.2, 0.25) is 0 Å². The highest BCUT2D eigenvalue weighted by molar-refractivity contribution is 7.92. The molecule has 0 spiro atoms. The number of nitriles is 1. The molecule has 1 rings (SSSR count). The maximum atomic E-state index is 12.3. The number of rotatable bonds is 6. The van der Waals surface area contributed by atoms with Crippen LogP contribution in [0.4, 0.5) is 0 Å². The highest BCUT2D eigenvalue weighted by Gasteiger charge is 2.40. The zero-order valence-electron chi connectivity index (χ0n) is 12.2. The first kappa shape index (κ1) is 17.0. The van der Waals surface area contributed by atoms with Crippen LogP contribution in [0.25, 0.3) is 0 Å². The quantitative estimate of drug-likeness (QED) is 0.701. The van der Waals surface area contributed by atoms with Gasteiger partial charge in [0.2, 0.25) is 0 Å². The largest absolute Gasteiger partial charge is 0.465 e. The molecule has 1 fully saturated rings. The molecule has 3 unspecified atom stereocenters. The van der Waals surface area contributed by atoms with Gasteiger partial charge in [0.05, 0.1) is 23.8 Å². The van der Waals surface area contributed by atoms with Crippen molar-refractivity contribution in [3.63, 3.8) is 0 Å². The molecule has 0 heterocycles. The maximum absolute atomic E-state index is 12.3. The molecule has 114 valence electrons. The standard InChI is InChI=1S/C14H23NO4S/c1-3-5-11-6-7-12(9-15)13(8-11)20(17,18)10-14(16)19-4-2/h11-13H,3-8,10H2,1-2H3. The Morgan fingerprint density at radius 3 is 2.60 bits per heavy atom. The molecule has 5 nitrogen and oxygen atoms in total. The average molecular weight is 301 g/mol. The van der Waals surface area contributed by atoms with Gasteiger partial charge in [-0.15, -0.1) is 0 Å². The van der Waals surface area contributed by atoms with Crippen LogP contribution in [0.3, 0.4) is 0 Å². The molecule has 0 bridgehead atoms. The van der Waals surface area contributed by atoms with Gasteiger partial charge in [-0.25, -0.2) is 8.42 Å². The summed E-state index contributed by atoms with van der Waals surface area (Å²) in [5.41, 5.74) is 0. The normalized spacial score (nSPS) is 26.8. The van der Waals surface area contributed by atoms with E-state index in [1.165, 1.54) is 0 Å². The summed E-state index contributed by atoms with van der Waals surface area (Å²) in [5, 5.41) is 8.43. The van der Waals surface area contributed by atoms with E-state index in [2.05, 4.69) is 13.0 Å². The van der Waals surface area contributed by atoms with Gasteiger partial charge in [-0.2, -0.15) is 5.26 Å². The second-order valence-corrected chi connectivity index (χ2v) is 7.57. The number of esters is 1. The van der Waals surface area contributed by atoms with Crippen LogP contribution in [0.1, 0.15) is 46.0 Å². The molecule has 0 amide bonds. The van der Waals surface area contributed by atoms with Gasteiger partial charge in [0.15, 0.2) is 9.84 Å². The Bertz CT molecular complexity index is 466. The Hall–Kier alpha value is -1.09. The van der Waals surface area contributed by atoms with E-state index in [1.807, 2.05) is 0 Å². The Kier molecular flexibility index (Phi) is 6.47. The summed E-state index contributed by atoms with van der Waals surface area (Å²) >= 11 is 0. The first-order chi connectivity index (χ1) is 9.44. The van der Waals surface area contributed by atoms with Crippen LogP contribution < -0.4 is 0 Å². The number of ether oxygens (including phenoxy) is 1.